The van der Waals surface area contributed by atoms with Gasteiger partial charge >= 0.3 is 0 Å². The van der Waals surface area contributed by atoms with E-state index in [1.165, 1.54) is 25.3 Å². The minimum absolute atomic E-state index is 0.0540. The quantitative estimate of drug-likeness (QED) is 0.760. The van der Waals surface area contributed by atoms with Gasteiger partial charge in [-0.15, -0.1) is 0 Å². The van der Waals surface area contributed by atoms with Crippen molar-refractivity contribution in [1.82, 2.24) is 10.5 Å². The standard InChI is InChI=1S/C19H26FN3O4/c1-7-26-11-19(2,3)21-18(24)15-16(27-22-17(15)23(4)5)12-8-9-13(20)14(10-12)25-6/h8-10H,7,11H2,1-6H3,(H,21,24). The fourth-order valence-corrected chi connectivity index (χ4v) is 2.55. The Kier molecular flexibility index (Phi) is 6.43. The molecule has 1 aromatic carbocycles. The summed E-state index contributed by atoms with van der Waals surface area (Å²) in [4.78, 5) is 14.7. The number of ether oxygens (including phenoxy) is 2. The average molecular weight is 379 g/mol. The molecule has 1 aromatic heterocycles. The molecule has 27 heavy (non-hydrogen) atoms. The molecule has 0 fully saturated rings. The predicted molar refractivity (Wildman–Crippen MR) is 101 cm³/mol. The maximum Gasteiger partial charge on any atom is 0.259 e. The van der Waals surface area contributed by atoms with E-state index in [9.17, 15) is 9.18 Å². The number of halogens is 1. The summed E-state index contributed by atoms with van der Waals surface area (Å²) in [6.45, 7) is 6.53. The first-order chi connectivity index (χ1) is 12.7. The predicted octanol–water partition coefficient (Wildman–Crippen LogP) is 3.10. The molecule has 0 atom stereocenters. The van der Waals surface area contributed by atoms with Crippen LogP contribution in [0.2, 0.25) is 0 Å². The molecule has 0 saturated heterocycles. The number of benzene rings is 1. The summed E-state index contributed by atoms with van der Waals surface area (Å²) >= 11 is 0. The maximum absolute atomic E-state index is 13.7. The zero-order chi connectivity index (χ0) is 20.2. The first kappa shape index (κ1) is 20.7. The van der Waals surface area contributed by atoms with Gasteiger partial charge < -0.3 is 24.2 Å². The largest absolute Gasteiger partial charge is 0.494 e. The molecule has 0 aliphatic heterocycles. The van der Waals surface area contributed by atoms with Crippen LogP contribution in [-0.2, 0) is 4.74 Å². The van der Waals surface area contributed by atoms with Gasteiger partial charge in [0, 0.05) is 26.3 Å². The topological polar surface area (TPSA) is 76.8 Å². The molecule has 0 aliphatic rings. The molecule has 0 unspecified atom stereocenters. The summed E-state index contributed by atoms with van der Waals surface area (Å²) in [5, 5.41) is 6.95. The molecule has 1 amide bonds. The number of nitrogens with zero attached hydrogens (tertiary/aromatic N) is 2. The second-order valence-corrected chi connectivity index (χ2v) is 6.93. The molecule has 2 aromatic rings. The van der Waals surface area contributed by atoms with Gasteiger partial charge in [-0.25, -0.2) is 4.39 Å². The van der Waals surface area contributed by atoms with Crippen LogP contribution in [-0.4, -0.2) is 51.0 Å². The molecule has 0 radical (unpaired) electrons. The minimum atomic E-state index is -0.592. The monoisotopic (exact) mass is 379 g/mol. The molecule has 7 nitrogen and oxygen atoms in total. The van der Waals surface area contributed by atoms with Crippen molar-refractivity contribution in [3.8, 4) is 17.1 Å². The van der Waals surface area contributed by atoms with Crippen molar-refractivity contribution in [3.05, 3.63) is 29.6 Å². The van der Waals surface area contributed by atoms with Crippen LogP contribution in [0.5, 0.6) is 5.75 Å². The van der Waals surface area contributed by atoms with Crippen LogP contribution in [0.25, 0.3) is 11.3 Å². The lowest BCUT2D eigenvalue weighted by Crippen LogP contribution is -2.47. The summed E-state index contributed by atoms with van der Waals surface area (Å²) < 4.78 is 29.6. The van der Waals surface area contributed by atoms with Gasteiger partial charge in [0.1, 0.15) is 5.56 Å². The molecule has 1 heterocycles. The van der Waals surface area contributed by atoms with E-state index in [1.54, 1.807) is 19.0 Å². The van der Waals surface area contributed by atoms with Gasteiger partial charge in [-0.3, -0.25) is 4.79 Å². The molecule has 0 spiro atoms. The van der Waals surface area contributed by atoms with Crippen molar-refractivity contribution < 1.29 is 23.2 Å². The van der Waals surface area contributed by atoms with Crippen LogP contribution in [0.15, 0.2) is 22.7 Å². The molecule has 0 bridgehead atoms. The Balaban J connectivity index is 2.46. The van der Waals surface area contributed by atoms with E-state index in [1.807, 2.05) is 20.8 Å². The highest BCUT2D eigenvalue weighted by Crippen LogP contribution is 2.33. The van der Waals surface area contributed by atoms with Gasteiger partial charge in [0.15, 0.2) is 23.1 Å². The van der Waals surface area contributed by atoms with Crippen molar-refractivity contribution >= 4 is 11.7 Å². The Hall–Kier alpha value is -2.61. The third kappa shape index (κ3) is 4.77. The van der Waals surface area contributed by atoms with Crippen LogP contribution in [0.3, 0.4) is 0 Å². The second kappa shape index (κ2) is 8.39. The molecule has 0 saturated carbocycles. The van der Waals surface area contributed by atoms with Gasteiger partial charge in [-0.1, -0.05) is 5.16 Å². The van der Waals surface area contributed by atoms with E-state index in [2.05, 4.69) is 10.5 Å². The van der Waals surface area contributed by atoms with Gasteiger partial charge in [0.25, 0.3) is 5.91 Å². The van der Waals surface area contributed by atoms with E-state index < -0.39 is 11.4 Å². The lowest BCUT2D eigenvalue weighted by Gasteiger charge is -2.26. The molecule has 8 heteroatoms. The number of nitrogens with one attached hydrogen (secondary N) is 1. The molecule has 148 valence electrons. The van der Waals surface area contributed by atoms with Crippen molar-refractivity contribution in [2.24, 2.45) is 0 Å². The highest BCUT2D eigenvalue weighted by molar-refractivity contribution is 6.04. The Morgan fingerprint density at radius 2 is 2.07 bits per heavy atom. The highest BCUT2D eigenvalue weighted by atomic mass is 19.1. The van der Waals surface area contributed by atoms with E-state index in [4.69, 9.17) is 14.0 Å². The summed E-state index contributed by atoms with van der Waals surface area (Å²) in [6.07, 6.45) is 0. The van der Waals surface area contributed by atoms with Gasteiger partial charge in [-0.05, 0) is 39.0 Å². The summed E-state index contributed by atoms with van der Waals surface area (Å²) in [7, 11) is 4.89. The average Bonchev–Trinajstić information content (AvgIpc) is 3.05. The van der Waals surface area contributed by atoms with E-state index >= 15 is 0 Å². The number of carbonyl (C=O) groups excluding carboxylic acids is 1. The third-order valence-electron chi connectivity index (χ3n) is 3.86. The summed E-state index contributed by atoms with van der Waals surface area (Å²) in [5.74, 6) is -0.196. The SMILES string of the molecule is CCOCC(C)(C)NC(=O)c1c(N(C)C)noc1-c1ccc(F)c(OC)c1. The maximum atomic E-state index is 13.7. The Labute approximate surface area is 158 Å². The molecule has 2 rings (SSSR count). The first-order valence-electron chi connectivity index (χ1n) is 8.61. The second-order valence-electron chi connectivity index (χ2n) is 6.93. The van der Waals surface area contributed by atoms with Crippen LogP contribution in [0.4, 0.5) is 10.2 Å². The van der Waals surface area contributed by atoms with Crippen LogP contribution >= 0.6 is 0 Å². The lowest BCUT2D eigenvalue weighted by molar-refractivity contribution is 0.0726. The van der Waals surface area contributed by atoms with Crippen molar-refractivity contribution in [3.63, 3.8) is 0 Å². The number of carbonyl (C=O) groups is 1. The first-order valence-corrected chi connectivity index (χ1v) is 8.61. The van der Waals surface area contributed by atoms with Crippen molar-refractivity contribution in [1.29, 1.82) is 0 Å². The number of hydrogen-bond donors (Lipinski definition) is 1. The van der Waals surface area contributed by atoms with E-state index in [-0.39, 0.29) is 23.0 Å². The van der Waals surface area contributed by atoms with Gasteiger partial charge in [0.2, 0.25) is 0 Å². The molecule has 1 N–H and O–H groups in total. The Morgan fingerprint density at radius 3 is 2.67 bits per heavy atom. The zero-order valence-electron chi connectivity index (χ0n) is 16.6. The Morgan fingerprint density at radius 1 is 1.37 bits per heavy atom. The van der Waals surface area contributed by atoms with Crippen molar-refractivity contribution in [2.75, 3.05) is 39.3 Å². The lowest BCUT2D eigenvalue weighted by atomic mass is 10.0. The number of rotatable bonds is 8. The highest BCUT2D eigenvalue weighted by Gasteiger charge is 2.30. The number of anilines is 1. The Bertz CT molecular complexity index is 802. The zero-order valence-corrected chi connectivity index (χ0v) is 16.6. The van der Waals surface area contributed by atoms with Gasteiger partial charge in [-0.2, -0.15) is 0 Å². The molecule has 0 aliphatic carbocycles. The normalized spacial score (nSPS) is 11.4. The summed E-state index contributed by atoms with van der Waals surface area (Å²) in [5.41, 5.74) is 0.158. The smallest absolute Gasteiger partial charge is 0.259 e. The molecular weight excluding hydrogens is 353 g/mol. The van der Waals surface area contributed by atoms with Crippen LogP contribution < -0.4 is 15.0 Å². The summed E-state index contributed by atoms with van der Waals surface area (Å²) in [6, 6.07) is 4.24. The third-order valence-corrected chi connectivity index (χ3v) is 3.86. The molecular formula is C19H26FN3O4. The van der Waals surface area contributed by atoms with E-state index in [0.717, 1.165) is 0 Å². The van der Waals surface area contributed by atoms with Crippen LogP contribution in [0, 0.1) is 5.82 Å². The van der Waals surface area contributed by atoms with E-state index in [0.29, 0.717) is 24.6 Å². The number of hydrogen-bond acceptors (Lipinski definition) is 6. The van der Waals surface area contributed by atoms with Crippen LogP contribution in [0.1, 0.15) is 31.1 Å². The van der Waals surface area contributed by atoms with Gasteiger partial charge in [0.05, 0.1) is 19.3 Å². The minimum Gasteiger partial charge on any atom is -0.494 e. The van der Waals surface area contributed by atoms with Crippen molar-refractivity contribution in [2.45, 2.75) is 26.3 Å². The number of amides is 1. The fourth-order valence-electron chi connectivity index (χ4n) is 2.55. The number of methoxy groups -OCH3 is 1. The fraction of sp³-hybridized carbons (Fsp3) is 0.474. The number of aromatic nitrogens is 1.